The van der Waals surface area contributed by atoms with Gasteiger partial charge < -0.3 is 34.0 Å². The molecule has 6 atom stereocenters. The minimum atomic E-state index is -2.15. The third-order valence-electron chi connectivity index (χ3n) is 2.94. The van der Waals surface area contributed by atoms with E-state index in [0.29, 0.717) is 6.61 Å². The van der Waals surface area contributed by atoms with Crippen molar-refractivity contribution in [2.45, 2.75) is 44.2 Å². The fraction of sp³-hybridized carbons (Fsp3) is 1.00. The molecule has 1 aliphatic carbocycles. The van der Waals surface area contributed by atoms with Crippen molar-refractivity contribution in [3.63, 3.8) is 0 Å². The van der Waals surface area contributed by atoms with Gasteiger partial charge in [0.15, 0.2) is 0 Å². The highest BCUT2D eigenvalue weighted by molar-refractivity contribution is 7.40. The molecule has 0 aromatic carbocycles. The van der Waals surface area contributed by atoms with Crippen LogP contribution in [0.15, 0.2) is 0 Å². The van der Waals surface area contributed by atoms with Gasteiger partial charge in [-0.3, -0.25) is 0 Å². The Labute approximate surface area is 114 Å². The molecule has 0 amide bonds. The summed E-state index contributed by atoms with van der Waals surface area (Å²) in [5.74, 6) is 0.109. The van der Waals surface area contributed by atoms with Crippen LogP contribution in [-0.4, -0.2) is 65.0 Å². The van der Waals surface area contributed by atoms with E-state index in [2.05, 4.69) is 0 Å². The molecule has 1 aliphatic rings. The molecule has 0 heterocycles. The molecule has 19 heavy (non-hydrogen) atoms. The molecule has 1 saturated carbocycles. The fourth-order valence-corrected chi connectivity index (χ4v) is 2.83. The normalized spacial score (nSPS) is 35.1. The van der Waals surface area contributed by atoms with Crippen molar-refractivity contribution in [2.24, 2.45) is 5.92 Å². The van der Waals surface area contributed by atoms with Crippen LogP contribution >= 0.6 is 8.60 Å². The molecule has 0 spiro atoms. The molecule has 114 valence electrons. The van der Waals surface area contributed by atoms with Crippen LogP contribution < -0.4 is 0 Å². The van der Waals surface area contributed by atoms with Gasteiger partial charge in [-0.05, 0) is 0 Å². The van der Waals surface area contributed by atoms with Crippen LogP contribution in [0.3, 0.4) is 0 Å². The van der Waals surface area contributed by atoms with E-state index in [-0.39, 0.29) is 25.4 Å². The first-order chi connectivity index (χ1) is 8.93. The lowest BCUT2D eigenvalue weighted by molar-refractivity contribution is -0.111. The zero-order valence-electron chi connectivity index (χ0n) is 11.2. The first-order valence-corrected chi connectivity index (χ1v) is 7.38. The van der Waals surface area contributed by atoms with Crippen LogP contribution in [0.4, 0.5) is 0 Å². The van der Waals surface area contributed by atoms with E-state index < -0.39 is 33.0 Å². The Bertz CT molecular complexity index is 255. The second kappa shape index (κ2) is 8.44. The van der Waals surface area contributed by atoms with Crippen LogP contribution in [0.25, 0.3) is 0 Å². The summed E-state index contributed by atoms with van der Waals surface area (Å²) in [6.45, 7) is 2.67. The highest BCUT2D eigenvalue weighted by atomic mass is 31.2. The number of rotatable bonds is 7. The summed E-state index contributed by atoms with van der Waals surface area (Å²) in [5.41, 5.74) is 0. The van der Waals surface area contributed by atoms with Gasteiger partial charge in [-0.2, -0.15) is 0 Å². The standard InChI is InChI=1S/C11H23O7P/c1-7(5-16-2)6-17-19(15)18-10-4-8(12)3-9(13)11(10)14/h7-15H,3-6H2,1-2H3. The molecule has 0 aromatic rings. The summed E-state index contributed by atoms with van der Waals surface area (Å²) in [4.78, 5) is 9.61. The second-order valence-electron chi connectivity index (χ2n) is 4.92. The highest BCUT2D eigenvalue weighted by Crippen LogP contribution is 2.39. The van der Waals surface area contributed by atoms with Gasteiger partial charge in [0.2, 0.25) is 0 Å². The predicted molar refractivity (Wildman–Crippen MR) is 68.3 cm³/mol. The van der Waals surface area contributed by atoms with Gasteiger partial charge >= 0.3 is 8.60 Å². The zero-order chi connectivity index (χ0) is 14.4. The molecule has 1 fully saturated rings. The summed E-state index contributed by atoms with van der Waals surface area (Å²) in [7, 11) is -0.570. The van der Waals surface area contributed by atoms with E-state index in [0.717, 1.165) is 0 Å². The van der Waals surface area contributed by atoms with Crippen molar-refractivity contribution < 1.29 is 34.0 Å². The van der Waals surface area contributed by atoms with Crippen molar-refractivity contribution >= 4 is 8.60 Å². The second-order valence-corrected chi connectivity index (χ2v) is 5.87. The van der Waals surface area contributed by atoms with E-state index in [1.165, 1.54) is 0 Å². The van der Waals surface area contributed by atoms with Gasteiger partial charge in [-0.1, -0.05) is 6.92 Å². The lowest BCUT2D eigenvalue weighted by Crippen LogP contribution is -2.46. The largest absolute Gasteiger partial charge is 0.393 e. The molecule has 1 rings (SSSR count). The molecule has 0 bridgehead atoms. The van der Waals surface area contributed by atoms with E-state index in [4.69, 9.17) is 13.8 Å². The number of methoxy groups -OCH3 is 1. The third-order valence-corrected chi connectivity index (χ3v) is 3.76. The summed E-state index contributed by atoms with van der Waals surface area (Å²) < 4.78 is 15.2. The van der Waals surface area contributed by atoms with Crippen LogP contribution in [0, 0.1) is 5.92 Å². The van der Waals surface area contributed by atoms with Gasteiger partial charge in [0.05, 0.1) is 31.5 Å². The molecule has 0 aromatic heterocycles. The summed E-state index contributed by atoms with van der Waals surface area (Å²) in [6, 6.07) is 0. The first-order valence-electron chi connectivity index (χ1n) is 6.25. The molecule has 4 N–H and O–H groups in total. The average molecular weight is 298 g/mol. The molecular weight excluding hydrogens is 275 g/mol. The van der Waals surface area contributed by atoms with E-state index in [1.54, 1.807) is 7.11 Å². The Kier molecular flexibility index (Phi) is 7.64. The zero-order valence-corrected chi connectivity index (χ0v) is 12.1. The maximum Gasteiger partial charge on any atom is 0.330 e. The minimum Gasteiger partial charge on any atom is -0.393 e. The van der Waals surface area contributed by atoms with Gasteiger partial charge in [0.1, 0.15) is 6.10 Å². The molecule has 7 nitrogen and oxygen atoms in total. The maximum atomic E-state index is 9.70. The van der Waals surface area contributed by atoms with Crippen LogP contribution in [0.2, 0.25) is 0 Å². The minimum absolute atomic E-state index is 0.107. The van der Waals surface area contributed by atoms with Gasteiger partial charge in [0.25, 0.3) is 0 Å². The van der Waals surface area contributed by atoms with Gasteiger partial charge in [-0.15, -0.1) is 0 Å². The monoisotopic (exact) mass is 298 g/mol. The first kappa shape index (κ1) is 17.2. The quantitative estimate of drug-likeness (QED) is 0.481. The van der Waals surface area contributed by atoms with Crippen LogP contribution in [0.1, 0.15) is 19.8 Å². The van der Waals surface area contributed by atoms with E-state index in [1.807, 2.05) is 6.92 Å². The summed E-state index contributed by atoms with van der Waals surface area (Å²) >= 11 is 0. The number of aliphatic hydroxyl groups is 3. The van der Waals surface area contributed by atoms with Crippen molar-refractivity contribution in [2.75, 3.05) is 20.3 Å². The predicted octanol–water partition coefficient (Wildman–Crippen LogP) is -0.234. The van der Waals surface area contributed by atoms with E-state index in [9.17, 15) is 20.2 Å². The topological polar surface area (TPSA) is 109 Å². The average Bonchev–Trinajstić information content (AvgIpc) is 2.33. The van der Waals surface area contributed by atoms with Crippen molar-refractivity contribution in [3.05, 3.63) is 0 Å². The maximum absolute atomic E-state index is 9.70. The molecule has 0 saturated heterocycles. The Balaban J connectivity index is 2.32. The Morgan fingerprint density at radius 1 is 1.21 bits per heavy atom. The van der Waals surface area contributed by atoms with Gasteiger partial charge in [-0.25, -0.2) is 0 Å². The number of hydrogen-bond acceptors (Lipinski definition) is 7. The van der Waals surface area contributed by atoms with Crippen LogP contribution in [0.5, 0.6) is 0 Å². The molecule has 0 aliphatic heterocycles. The number of hydrogen-bond donors (Lipinski definition) is 4. The summed E-state index contributed by atoms with van der Waals surface area (Å²) in [5, 5.41) is 28.7. The van der Waals surface area contributed by atoms with Crippen molar-refractivity contribution in [3.8, 4) is 0 Å². The fourth-order valence-electron chi connectivity index (χ4n) is 1.95. The van der Waals surface area contributed by atoms with Gasteiger partial charge in [0, 0.05) is 25.9 Å². The Morgan fingerprint density at radius 2 is 1.89 bits per heavy atom. The molecule has 8 heteroatoms. The van der Waals surface area contributed by atoms with Crippen LogP contribution in [-0.2, 0) is 13.8 Å². The van der Waals surface area contributed by atoms with E-state index >= 15 is 0 Å². The lowest BCUT2D eigenvalue weighted by Gasteiger charge is -2.34. The smallest absolute Gasteiger partial charge is 0.330 e. The Morgan fingerprint density at radius 3 is 2.53 bits per heavy atom. The number of ether oxygens (including phenoxy) is 1. The molecule has 0 radical (unpaired) electrons. The molecular formula is C11H23O7P. The highest BCUT2D eigenvalue weighted by Gasteiger charge is 2.37. The van der Waals surface area contributed by atoms with Crippen molar-refractivity contribution in [1.82, 2.24) is 0 Å². The third kappa shape index (κ3) is 5.97. The Hall–Kier alpha value is 0.150. The molecule has 6 unspecified atom stereocenters. The number of aliphatic hydroxyl groups excluding tert-OH is 3. The lowest BCUT2D eigenvalue weighted by atomic mass is 9.90. The SMILES string of the molecule is COCC(C)COP(O)OC1CC(O)CC(O)C1O. The summed E-state index contributed by atoms with van der Waals surface area (Å²) in [6.07, 6.45) is -3.48. The van der Waals surface area contributed by atoms with Crippen molar-refractivity contribution in [1.29, 1.82) is 0 Å².